The Hall–Kier alpha value is -2.57. The molecule has 0 spiro atoms. The molecule has 2 N–H and O–H groups in total. The second kappa shape index (κ2) is 9.94. The van der Waals surface area contributed by atoms with E-state index >= 15 is 0 Å². The summed E-state index contributed by atoms with van der Waals surface area (Å²) in [5, 5.41) is 5.73. The first-order valence-electron chi connectivity index (χ1n) is 8.15. The number of para-hydroxylation sites is 1. The minimum atomic E-state index is -0.448. The van der Waals surface area contributed by atoms with Gasteiger partial charge in [0.15, 0.2) is 0 Å². The van der Waals surface area contributed by atoms with Gasteiger partial charge in [0.2, 0.25) is 17.7 Å². The molecule has 2 aromatic rings. The fraction of sp³-hybridized carbons (Fsp3) is 0.211. The number of halogens is 2. The van der Waals surface area contributed by atoms with Crippen LogP contribution in [0.1, 0.15) is 5.56 Å². The van der Waals surface area contributed by atoms with Crippen molar-refractivity contribution in [2.24, 2.45) is 0 Å². The second-order valence-electron chi connectivity index (χ2n) is 5.83. The van der Waals surface area contributed by atoms with E-state index in [1.807, 2.05) is 30.3 Å². The van der Waals surface area contributed by atoms with E-state index in [9.17, 15) is 14.4 Å². The highest BCUT2D eigenvalue weighted by Crippen LogP contribution is 2.29. The highest BCUT2D eigenvalue weighted by Gasteiger charge is 2.16. The first kappa shape index (κ1) is 20.7. The van der Waals surface area contributed by atoms with Crippen LogP contribution >= 0.6 is 23.2 Å². The largest absolute Gasteiger partial charge is 0.347 e. The van der Waals surface area contributed by atoms with Gasteiger partial charge in [-0.2, -0.15) is 0 Å². The highest BCUT2D eigenvalue weighted by molar-refractivity contribution is 6.39. The van der Waals surface area contributed by atoms with E-state index in [0.29, 0.717) is 15.7 Å². The fourth-order valence-electron chi connectivity index (χ4n) is 2.25. The Balaban J connectivity index is 1.79. The Kier molecular flexibility index (Phi) is 7.64. The summed E-state index contributed by atoms with van der Waals surface area (Å²) in [5.41, 5.74) is 1.15. The van der Waals surface area contributed by atoms with Crippen molar-refractivity contribution in [2.75, 3.05) is 25.5 Å². The predicted molar refractivity (Wildman–Crippen MR) is 106 cm³/mol. The van der Waals surface area contributed by atoms with Crippen LogP contribution in [0.25, 0.3) is 0 Å². The summed E-state index contributed by atoms with van der Waals surface area (Å²) in [5.74, 6) is -1.11. The molecule has 2 aromatic carbocycles. The lowest BCUT2D eigenvalue weighted by Gasteiger charge is -2.18. The molecule has 142 valence electrons. The van der Waals surface area contributed by atoms with Crippen LogP contribution in [-0.4, -0.2) is 42.8 Å². The number of anilines is 1. The minimum absolute atomic E-state index is 0.184. The van der Waals surface area contributed by atoms with Crippen LogP contribution in [0.3, 0.4) is 0 Å². The zero-order valence-electron chi connectivity index (χ0n) is 14.7. The molecule has 6 nitrogen and oxygen atoms in total. The van der Waals surface area contributed by atoms with Gasteiger partial charge >= 0.3 is 0 Å². The smallest absolute Gasteiger partial charge is 0.244 e. The number of benzene rings is 2. The van der Waals surface area contributed by atoms with E-state index in [-0.39, 0.29) is 25.4 Å². The lowest BCUT2D eigenvalue weighted by molar-refractivity contribution is -0.134. The maximum absolute atomic E-state index is 12.1. The Labute approximate surface area is 167 Å². The average molecular weight is 408 g/mol. The van der Waals surface area contributed by atoms with Crippen LogP contribution in [-0.2, 0) is 20.8 Å². The van der Waals surface area contributed by atoms with Gasteiger partial charge in [-0.15, -0.1) is 0 Å². The van der Waals surface area contributed by atoms with Gasteiger partial charge in [-0.25, -0.2) is 0 Å². The third-order valence-corrected chi connectivity index (χ3v) is 4.31. The van der Waals surface area contributed by atoms with Crippen molar-refractivity contribution in [3.05, 3.63) is 64.1 Å². The van der Waals surface area contributed by atoms with Gasteiger partial charge in [0.05, 0.1) is 35.2 Å². The van der Waals surface area contributed by atoms with Crippen LogP contribution in [0.15, 0.2) is 48.5 Å². The molecule has 0 fully saturated rings. The number of hydrogen-bond donors (Lipinski definition) is 2. The molecule has 0 aliphatic heterocycles. The van der Waals surface area contributed by atoms with Crippen LogP contribution in [0.2, 0.25) is 10.0 Å². The van der Waals surface area contributed by atoms with Crippen LogP contribution in [0, 0.1) is 0 Å². The lowest BCUT2D eigenvalue weighted by Crippen LogP contribution is -2.41. The first-order chi connectivity index (χ1) is 12.9. The third-order valence-electron chi connectivity index (χ3n) is 3.68. The molecule has 27 heavy (non-hydrogen) atoms. The summed E-state index contributed by atoms with van der Waals surface area (Å²) >= 11 is 12.0. The molecule has 2 rings (SSSR count). The van der Waals surface area contributed by atoms with Crippen molar-refractivity contribution < 1.29 is 14.4 Å². The number of carbonyl (C=O) groups is 3. The molecule has 0 atom stereocenters. The fourth-order valence-corrected chi connectivity index (χ4v) is 2.74. The van der Waals surface area contributed by atoms with Crippen molar-refractivity contribution in [3.8, 4) is 0 Å². The van der Waals surface area contributed by atoms with Crippen molar-refractivity contribution in [2.45, 2.75) is 6.42 Å². The zero-order valence-corrected chi connectivity index (χ0v) is 16.2. The lowest BCUT2D eigenvalue weighted by atomic mass is 10.1. The Morgan fingerprint density at radius 3 is 2.19 bits per heavy atom. The van der Waals surface area contributed by atoms with Crippen LogP contribution < -0.4 is 10.6 Å². The molecule has 0 saturated carbocycles. The summed E-state index contributed by atoms with van der Waals surface area (Å²) in [6, 6.07) is 14.1. The number of carbonyl (C=O) groups excluding carboxylic acids is 3. The van der Waals surface area contributed by atoms with Gasteiger partial charge in [0.1, 0.15) is 0 Å². The van der Waals surface area contributed by atoms with Crippen LogP contribution in [0.4, 0.5) is 5.69 Å². The standard InChI is InChI=1S/C19H19Cl2N3O3/c1-24(12-17(26)23-19-14(20)8-5-9-15(19)21)18(27)11-22-16(25)10-13-6-3-2-4-7-13/h2-9H,10-12H2,1H3,(H,22,25)(H,23,26). The van der Waals surface area contributed by atoms with E-state index in [4.69, 9.17) is 23.2 Å². The summed E-state index contributed by atoms with van der Waals surface area (Å²) in [6.07, 6.45) is 0.184. The van der Waals surface area contributed by atoms with E-state index in [2.05, 4.69) is 10.6 Å². The molecule has 3 amide bonds. The molecule has 0 unspecified atom stereocenters. The van der Waals surface area contributed by atoms with E-state index in [0.717, 1.165) is 5.56 Å². The van der Waals surface area contributed by atoms with Gasteiger partial charge in [-0.3, -0.25) is 14.4 Å². The van der Waals surface area contributed by atoms with Gasteiger partial charge in [0, 0.05) is 7.05 Å². The highest BCUT2D eigenvalue weighted by atomic mass is 35.5. The van der Waals surface area contributed by atoms with Gasteiger partial charge in [0.25, 0.3) is 0 Å². The van der Waals surface area contributed by atoms with E-state index in [1.165, 1.54) is 11.9 Å². The number of hydrogen-bond acceptors (Lipinski definition) is 3. The van der Waals surface area contributed by atoms with Gasteiger partial charge < -0.3 is 15.5 Å². The van der Waals surface area contributed by atoms with Gasteiger partial charge in [-0.05, 0) is 17.7 Å². The minimum Gasteiger partial charge on any atom is -0.347 e. The Bertz CT molecular complexity index is 808. The molecule has 0 aliphatic carbocycles. The molecule has 0 aliphatic rings. The molecule has 0 radical (unpaired) electrons. The second-order valence-corrected chi connectivity index (χ2v) is 6.65. The normalized spacial score (nSPS) is 10.2. The quantitative estimate of drug-likeness (QED) is 0.740. The molecular weight excluding hydrogens is 389 g/mol. The van der Waals surface area contributed by atoms with E-state index in [1.54, 1.807) is 18.2 Å². The molecule has 0 aromatic heterocycles. The van der Waals surface area contributed by atoms with Crippen molar-refractivity contribution in [1.29, 1.82) is 0 Å². The number of nitrogens with one attached hydrogen (secondary N) is 2. The number of amides is 3. The van der Waals surface area contributed by atoms with Crippen molar-refractivity contribution in [3.63, 3.8) is 0 Å². The molecule has 8 heteroatoms. The Morgan fingerprint density at radius 2 is 1.56 bits per heavy atom. The summed E-state index contributed by atoms with van der Waals surface area (Å²) in [6.45, 7) is -0.392. The van der Waals surface area contributed by atoms with Crippen LogP contribution in [0.5, 0.6) is 0 Å². The third kappa shape index (κ3) is 6.58. The molecule has 0 bridgehead atoms. The summed E-state index contributed by atoms with van der Waals surface area (Å²) < 4.78 is 0. The number of rotatable bonds is 7. The molecular formula is C19H19Cl2N3O3. The first-order valence-corrected chi connectivity index (χ1v) is 8.91. The molecule has 0 heterocycles. The van der Waals surface area contributed by atoms with Crippen molar-refractivity contribution >= 4 is 46.6 Å². The predicted octanol–water partition coefficient (Wildman–Crippen LogP) is 2.75. The maximum Gasteiger partial charge on any atom is 0.244 e. The summed E-state index contributed by atoms with van der Waals surface area (Å²) in [4.78, 5) is 37.3. The maximum atomic E-state index is 12.1. The Morgan fingerprint density at radius 1 is 0.926 bits per heavy atom. The number of likely N-dealkylation sites (N-methyl/N-ethyl adjacent to an activating group) is 1. The SMILES string of the molecule is CN(CC(=O)Nc1c(Cl)cccc1Cl)C(=O)CNC(=O)Cc1ccccc1. The summed E-state index contributed by atoms with van der Waals surface area (Å²) in [7, 11) is 1.47. The topological polar surface area (TPSA) is 78.5 Å². The number of nitrogens with zero attached hydrogens (tertiary/aromatic N) is 1. The monoisotopic (exact) mass is 407 g/mol. The van der Waals surface area contributed by atoms with Gasteiger partial charge in [-0.1, -0.05) is 59.6 Å². The van der Waals surface area contributed by atoms with Crippen molar-refractivity contribution in [1.82, 2.24) is 10.2 Å². The van der Waals surface area contributed by atoms with E-state index < -0.39 is 11.8 Å². The molecule has 0 saturated heterocycles. The zero-order chi connectivity index (χ0) is 19.8. The average Bonchev–Trinajstić information content (AvgIpc) is 2.63.